The molecule has 3 heteroatoms. The summed E-state index contributed by atoms with van der Waals surface area (Å²) in [4.78, 5) is 0. The maximum absolute atomic E-state index is 13.8. The fourth-order valence-electron chi connectivity index (χ4n) is 4.45. The monoisotopic (exact) mass is 398 g/mol. The minimum atomic E-state index is -0.284. The number of halogens is 1. The molecule has 0 bridgehead atoms. The van der Waals surface area contributed by atoms with Crippen molar-refractivity contribution in [3.05, 3.63) is 77.1 Å². The summed E-state index contributed by atoms with van der Waals surface area (Å²) < 4.78 is 22.3. The lowest BCUT2D eigenvalue weighted by Gasteiger charge is -2.11. The van der Waals surface area contributed by atoms with Crippen LogP contribution in [-0.4, -0.2) is 0 Å². The maximum Gasteiger partial charge on any atom is 0.216 e. The van der Waals surface area contributed by atoms with Crippen molar-refractivity contribution in [2.24, 2.45) is 7.05 Å². The highest BCUT2D eigenvalue weighted by molar-refractivity contribution is 6.10. The third kappa shape index (κ3) is 2.72. The van der Waals surface area contributed by atoms with Crippen molar-refractivity contribution in [3.8, 4) is 11.3 Å². The number of aromatic nitrogens is 1. The van der Waals surface area contributed by atoms with E-state index in [1.165, 1.54) is 39.7 Å². The van der Waals surface area contributed by atoms with Gasteiger partial charge in [0, 0.05) is 34.4 Å². The van der Waals surface area contributed by atoms with Gasteiger partial charge < -0.3 is 4.42 Å². The van der Waals surface area contributed by atoms with Gasteiger partial charge in [-0.3, -0.25) is 0 Å². The quantitative estimate of drug-likeness (QED) is 0.290. The Kier molecular flexibility index (Phi) is 4.18. The molecule has 0 spiro atoms. The van der Waals surface area contributed by atoms with Gasteiger partial charge in [-0.1, -0.05) is 19.9 Å². The Morgan fingerprint density at radius 3 is 2.47 bits per heavy atom. The third-order valence-electron chi connectivity index (χ3n) is 6.36. The van der Waals surface area contributed by atoms with Crippen molar-refractivity contribution in [3.63, 3.8) is 0 Å². The van der Waals surface area contributed by atoms with Gasteiger partial charge in [-0.05, 0) is 66.8 Å². The van der Waals surface area contributed by atoms with Crippen molar-refractivity contribution < 1.29 is 13.4 Å². The topological polar surface area (TPSA) is 17.0 Å². The second-order valence-corrected chi connectivity index (χ2v) is 8.56. The van der Waals surface area contributed by atoms with Crippen molar-refractivity contribution >= 4 is 32.8 Å². The van der Waals surface area contributed by atoms with Crippen LogP contribution in [0.5, 0.6) is 0 Å². The van der Waals surface area contributed by atoms with Crippen molar-refractivity contribution in [1.29, 1.82) is 0 Å². The summed E-state index contributed by atoms with van der Waals surface area (Å²) in [5.41, 5.74) is 8.44. The molecule has 5 rings (SSSR count). The van der Waals surface area contributed by atoms with Gasteiger partial charge in [0.1, 0.15) is 24.0 Å². The summed E-state index contributed by atoms with van der Waals surface area (Å²) in [5, 5.41) is 3.19. The molecular formula is C27H25FNO+. The van der Waals surface area contributed by atoms with Crippen LogP contribution in [-0.2, 0) is 7.05 Å². The Morgan fingerprint density at radius 2 is 1.70 bits per heavy atom. The van der Waals surface area contributed by atoms with E-state index in [1.54, 1.807) is 0 Å². The van der Waals surface area contributed by atoms with E-state index in [9.17, 15) is 4.39 Å². The fraction of sp³-hybridized carbons (Fsp3) is 0.222. The average molecular weight is 399 g/mol. The molecule has 0 atom stereocenters. The van der Waals surface area contributed by atoms with E-state index in [0.29, 0.717) is 11.5 Å². The number of pyridine rings is 1. The number of fused-ring (bicyclic) bond motifs is 4. The number of nitrogens with zero attached hydrogens (tertiary/aromatic N) is 1. The first-order valence-electron chi connectivity index (χ1n) is 10.4. The van der Waals surface area contributed by atoms with Gasteiger partial charge in [-0.25, -0.2) is 4.39 Å². The average Bonchev–Trinajstić information content (AvgIpc) is 3.06. The molecular weight excluding hydrogens is 373 g/mol. The maximum atomic E-state index is 13.8. The molecule has 0 saturated carbocycles. The molecule has 0 N–H and O–H groups in total. The Bertz CT molecular complexity index is 1460. The Hall–Kier alpha value is -3.20. The van der Waals surface area contributed by atoms with Gasteiger partial charge in [0.05, 0.1) is 5.56 Å². The Balaban J connectivity index is 1.85. The SMILES string of the molecule is Cc1cc2c(oc3cc(F)ccc32)c(-c2ccc3cc(C(C)C)ccc3[n+]2C)c1C. The third-order valence-corrected chi connectivity index (χ3v) is 6.36. The van der Waals surface area contributed by atoms with Crippen molar-refractivity contribution in [1.82, 2.24) is 0 Å². The second kappa shape index (κ2) is 6.66. The number of hydrogen-bond acceptors (Lipinski definition) is 1. The summed E-state index contributed by atoms with van der Waals surface area (Å²) in [6.07, 6.45) is 0. The number of furan rings is 1. The number of aryl methyl sites for hydroxylation is 2. The van der Waals surface area contributed by atoms with Crippen molar-refractivity contribution in [2.45, 2.75) is 33.6 Å². The van der Waals surface area contributed by atoms with E-state index in [1.807, 2.05) is 6.07 Å². The van der Waals surface area contributed by atoms with Gasteiger partial charge in [0.2, 0.25) is 11.2 Å². The van der Waals surface area contributed by atoms with Crippen LogP contribution >= 0.6 is 0 Å². The largest absolute Gasteiger partial charge is 0.455 e. The summed E-state index contributed by atoms with van der Waals surface area (Å²) >= 11 is 0. The molecule has 0 aliphatic rings. The lowest BCUT2D eigenvalue weighted by molar-refractivity contribution is -0.633. The minimum absolute atomic E-state index is 0.284. The van der Waals surface area contributed by atoms with Crippen LogP contribution in [0.1, 0.15) is 36.5 Å². The number of rotatable bonds is 2. The number of benzene rings is 3. The van der Waals surface area contributed by atoms with E-state index < -0.39 is 0 Å². The predicted octanol–water partition coefficient (Wildman–Crippen LogP) is 7.11. The van der Waals surface area contributed by atoms with Gasteiger partial charge in [-0.2, -0.15) is 4.57 Å². The molecule has 0 amide bonds. The van der Waals surface area contributed by atoms with Gasteiger partial charge >= 0.3 is 0 Å². The molecule has 30 heavy (non-hydrogen) atoms. The molecule has 0 radical (unpaired) electrons. The highest BCUT2D eigenvalue weighted by atomic mass is 19.1. The van der Waals surface area contributed by atoms with E-state index in [-0.39, 0.29) is 5.82 Å². The molecule has 0 unspecified atom stereocenters. The lowest BCUT2D eigenvalue weighted by atomic mass is 9.95. The lowest BCUT2D eigenvalue weighted by Crippen LogP contribution is -2.32. The molecule has 2 nitrogen and oxygen atoms in total. The van der Waals surface area contributed by atoms with Crippen LogP contribution in [0.2, 0.25) is 0 Å². The fourth-order valence-corrected chi connectivity index (χ4v) is 4.45. The zero-order valence-electron chi connectivity index (χ0n) is 18.0. The second-order valence-electron chi connectivity index (χ2n) is 8.56. The predicted molar refractivity (Wildman–Crippen MR) is 121 cm³/mol. The zero-order chi connectivity index (χ0) is 21.2. The molecule has 150 valence electrons. The summed E-state index contributed by atoms with van der Waals surface area (Å²) in [6.45, 7) is 8.68. The van der Waals surface area contributed by atoms with Gasteiger partial charge in [0.25, 0.3) is 0 Å². The Labute approximate surface area is 175 Å². The van der Waals surface area contributed by atoms with E-state index in [2.05, 4.69) is 75.7 Å². The zero-order valence-corrected chi connectivity index (χ0v) is 18.0. The summed E-state index contributed by atoms with van der Waals surface area (Å²) in [7, 11) is 2.10. The molecule has 5 aromatic rings. The van der Waals surface area contributed by atoms with E-state index in [0.717, 1.165) is 27.6 Å². The van der Waals surface area contributed by atoms with Crippen molar-refractivity contribution in [2.75, 3.05) is 0 Å². The molecule has 2 heterocycles. The van der Waals surface area contributed by atoms with E-state index >= 15 is 0 Å². The van der Waals surface area contributed by atoms with Gasteiger partial charge in [0.15, 0.2) is 0 Å². The molecule has 2 aromatic heterocycles. The van der Waals surface area contributed by atoms with Crippen LogP contribution in [0.3, 0.4) is 0 Å². The standard InChI is InChI=1S/C27H25FNO/c1-15(2)18-6-10-23-19(13-18)7-11-24(29(23)5)26-17(4)16(3)12-22-21-9-8-20(28)14-25(21)30-27(22)26/h6-15H,1-5H3/q+1. The molecule has 0 aliphatic carbocycles. The van der Waals surface area contributed by atoms with Crippen LogP contribution in [0.25, 0.3) is 44.1 Å². The highest BCUT2D eigenvalue weighted by Gasteiger charge is 2.23. The first kappa shape index (κ1) is 18.8. The molecule has 0 aliphatic heterocycles. The van der Waals surface area contributed by atoms with Crippen LogP contribution in [0.15, 0.2) is 59.0 Å². The van der Waals surface area contributed by atoms with Crippen LogP contribution in [0, 0.1) is 19.7 Å². The first-order valence-corrected chi connectivity index (χ1v) is 10.4. The molecule has 0 saturated heterocycles. The first-order chi connectivity index (χ1) is 14.3. The molecule has 0 fully saturated rings. The summed E-state index contributed by atoms with van der Waals surface area (Å²) in [6, 6.07) is 18.0. The molecule has 3 aromatic carbocycles. The number of hydrogen-bond donors (Lipinski definition) is 0. The minimum Gasteiger partial charge on any atom is -0.455 e. The Morgan fingerprint density at radius 1 is 0.900 bits per heavy atom. The summed E-state index contributed by atoms with van der Waals surface area (Å²) in [5.74, 6) is 0.211. The highest BCUT2D eigenvalue weighted by Crippen LogP contribution is 2.39. The van der Waals surface area contributed by atoms with Crippen LogP contribution in [0.4, 0.5) is 4.39 Å². The van der Waals surface area contributed by atoms with Gasteiger partial charge in [-0.15, -0.1) is 0 Å². The normalized spacial score (nSPS) is 12.0. The van der Waals surface area contributed by atoms with Crippen LogP contribution < -0.4 is 4.57 Å². The smallest absolute Gasteiger partial charge is 0.216 e. The van der Waals surface area contributed by atoms with E-state index in [4.69, 9.17) is 4.42 Å².